The number of hydrogen-bond acceptors (Lipinski definition) is 3. The van der Waals surface area contributed by atoms with Gasteiger partial charge >= 0.3 is 0 Å². The van der Waals surface area contributed by atoms with Crippen LogP contribution in [0.4, 0.5) is 0 Å². The van der Waals surface area contributed by atoms with Crippen molar-refractivity contribution in [2.75, 3.05) is 0 Å². The average Bonchev–Trinajstić information content (AvgIpc) is 2.33. The molecule has 46 valence electrons. The molecule has 0 aromatic carbocycles. The molecule has 0 radical (unpaired) electrons. The molecule has 1 aliphatic heterocycles. The van der Waals surface area contributed by atoms with E-state index in [0.29, 0.717) is 13.2 Å². The summed E-state index contributed by atoms with van der Waals surface area (Å²) in [4.78, 5) is 0. The van der Waals surface area contributed by atoms with Gasteiger partial charge in [-0.15, -0.1) is 0 Å². The number of fused-ring (bicyclic) bond motifs is 1. The van der Waals surface area contributed by atoms with Crippen LogP contribution in [-0.2, 0) is 13.2 Å². The lowest BCUT2D eigenvalue weighted by Gasteiger charge is -2.04. The molecule has 1 aliphatic rings. The van der Waals surface area contributed by atoms with Crippen molar-refractivity contribution in [1.82, 2.24) is 9.78 Å². The second-order valence-corrected chi connectivity index (χ2v) is 1.90. The van der Waals surface area contributed by atoms with Crippen molar-refractivity contribution in [3.8, 4) is 0 Å². The zero-order chi connectivity index (χ0) is 6.10. The smallest absolute Gasteiger partial charge is 0.152 e. The van der Waals surface area contributed by atoms with Crippen molar-refractivity contribution in [2.45, 2.75) is 13.2 Å². The third-order valence-electron chi connectivity index (χ3n) is 1.33. The molecule has 0 fully saturated rings. The van der Waals surface area contributed by atoms with Crippen LogP contribution in [0, 0.1) is 0 Å². The minimum absolute atomic E-state index is 0.586. The fourth-order valence-electron chi connectivity index (χ4n) is 0.849. The number of aromatic nitrogens is 2. The second kappa shape index (κ2) is 1.65. The van der Waals surface area contributed by atoms with E-state index in [-0.39, 0.29) is 0 Å². The van der Waals surface area contributed by atoms with E-state index in [1.165, 1.54) is 0 Å². The predicted molar refractivity (Wildman–Crippen MR) is 30.8 cm³/mol. The van der Waals surface area contributed by atoms with E-state index >= 15 is 0 Å². The van der Waals surface area contributed by atoms with Crippen LogP contribution in [0.15, 0.2) is 22.5 Å². The molecule has 0 unspecified atom stereocenters. The Balaban J connectivity index is 2.46. The quantitative estimate of drug-likeness (QED) is 0.502. The van der Waals surface area contributed by atoms with Crippen LogP contribution < -0.4 is 0 Å². The number of rotatable bonds is 0. The zero-order valence-corrected chi connectivity index (χ0v) is 4.86. The highest BCUT2D eigenvalue weighted by molar-refractivity contribution is 5.00. The maximum absolute atomic E-state index is 4.02. The van der Waals surface area contributed by atoms with Crippen molar-refractivity contribution in [2.24, 2.45) is 10.2 Å². The summed E-state index contributed by atoms with van der Waals surface area (Å²) in [6.07, 6.45) is 1.77. The van der Waals surface area contributed by atoms with E-state index < -0.39 is 0 Å². The van der Waals surface area contributed by atoms with Crippen LogP contribution in [0.2, 0.25) is 0 Å². The molecule has 4 nitrogen and oxygen atoms in total. The standard InChI is InChI=1S/C5H6N4/c1-2-8-9-4-7-6-3-5(1)9/h1-2H,3-4H2. The fraction of sp³-hybridized carbons (Fsp3) is 0.400. The van der Waals surface area contributed by atoms with Gasteiger partial charge in [-0.05, 0) is 6.07 Å². The number of azo groups is 1. The molecule has 0 bridgehead atoms. The minimum atomic E-state index is 0.586. The van der Waals surface area contributed by atoms with Crippen LogP contribution in [0.25, 0.3) is 0 Å². The van der Waals surface area contributed by atoms with Crippen LogP contribution >= 0.6 is 0 Å². The van der Waals surface area contributed by atoms with Crippen LogP contribution in [0.1, 0.15) is 5.69 Å². The summed E-state index contributed by atoms with van der Waals surface area (Å²) in [7, 11) is 0. The van der Waals surface area contributed by atoms with Crippen LogP contribution in [0.3, 0.4) is 0 Å². The van der Waals surface area contributed by atoms with Crippen molar-refractivity contribution in [1.29, 1.82) is 0 Å². The normalized spacial score (nSPS) is 15.6. The van der Waals surface area contributed by atoms with Gasteiger partial charge in [-0.1, -0.05) is 0 Å². The summed E-state index contributed by atoms with van der Waals surface area (Å²) in [5.74, 6) is 0. The first-order valence-corrected chi connectivity index (χ1v) is 2.81. The Bertz CT molecular complexity index is 214. The molecule has 1 aromatic heterocycles. The highest BCUT2D eigenvalue weighted by Gasteiger charge is 2.03. The third-order valence-corrected chi connectivity index (χ3v) is 1.33. The molecule has 0 aliphatic carbocycles. The Morgan fingerprint density at radius 1 is 1.44 bits per heavy atom. The second-order valence-electron chi connectivity index (χ2n) is 1.90. The number of hydrogen-bond donors (Lipinski definition) is 0. The molecule has 4 heteroatoms. The topological polar surface area (TPSA) is 42.5 Å². The fourth-order valence-corrected chi connectivity index (χ4v) is 0.849. The molecule has 9 heavy (non-hydrogen) atoms. The molecule has 0 spiro atoms. The Kier molecular flexibility index (Phi) is 0.855. The molecule has 0 N–H and O–H groups in total. The maximum Gasteiger partial charge on any atom is 0.152 e. The van der Waals surface area contributed by atoms with Gasteiger partial charge in [-0.2, -0.15) is 15.3 Å². The molecule has 1 aromatic rings. The van der Waals surface area contributed by atoms with E-state index in [0.717, 1.165) is 5.69 Å². The lowest BCUT2D eigenvalue weighted by atomic mass is 10.4. The highest BCUT2D eigenvalue weighted by Crippen LogP contribution is 2.05. The van der Waals surface area contributed by atoms with Gasteiger partial charge in [0.1, 0.15) is 6.54 Å². The van der Waals surface area contributed by atoms with Crippen molar-refractivity contribution >= 4 is 0 Å². The maximum atomic E-state index is 4.02. The first-order valence-electron chi connectivity index (χ1n) is 2.81. The lowest BCUT2D eigenvalue weighted by Crippen LogP contribution is -2.05. The third kappa shape index (κ3) is 0.630. The summed E-state index contributed by atoms with van der Waals surface area (Å²) in [5, 5.41) is 11.7. The Hall–Kier alpha value is -1.19. The molecule has 2 rings (SSSR count). The summed E-state index contributed by atoms with van der Waals surface area (Å²) in [5.41, 5.74) is 1.14. The monoisotopic (exact) mass is 122 g/mol. The Morgan fingerprint density at radius 2 is 2.44 bits per heavy atom. The van der Waals surface area contributed by atoms with Crippen molar-refractivity contribution < 1.29 is 0 Å². The predicted octanol–water partition coefficient (Wildman–Crippen LogP) is 0.806. The molecule has 0 amide bonds. The van der Waals surface area contributed by atoms with Crippen molar-refractivity contribution in [3.05, 3.63) is 18.0 Å². The SMILES string of the molecule is c1cc2n(n1)CN=NC2. The Morgan fingerprint density at radius 3 is 3.33 bits per heavy atom. The van der Waals surface area contributed by atoms with E-state index in [1.54, 1.807) is 6.20 Å². The molecule has 0 saturated carbocycles. The molecular formula is C5H6N4. The van der Waals surface area contributed by atoms with E-state index in [2.05, 4.69) is 15.3 Å². The van der Waals surface area contributed by atoms with Crippen LogP contribution in [0.5, 0.6) is 0 Å². The Labute approximate surface area is 52.2 Å². The molecular weight excluding hydrogens is 116 g/mol. The van der Waals surface area contributed by atoms with Gasteiger partial charge in [0.25, 0.3) is 0 Å². The van der Waals surface area contributed by atoms with Crippen molar-refractivity contribution in [3.63, 3.8) is 0 Å². The molecule has 2 heterocycles. The largest absolute Gasteiger partial charge is 0.244 e. The summed E-state index contributed by atoms with van der Waals surface area (Å²) in [6.45, 7) is 1.27. The average molecular weight is 122 g/mol. The van der Waals surface area contributed by atoms with Gasteiger partial charge in [-0.25, -0.2) is 4.68 Å². The summed E-state index contributed by atoms with van der Waals surface area (Å²) >= 11 is 0. The first-order chi connectivity index (χ1) is 4.47. The molecule has 0 atom stereocenters. The number of nitrogens with zero attached hydrogens (tertiary/aromatic N) is 4. The zero-order valence-electron chi connectivity index (χ0n) is 4.86. The highest BCUT2D eigenvalue weighted by atomic mass is 15.4. The van der Waals surface area contributed by atoms with Gasteiger partial charge in [0.05, 0.1) is 5.69 Å². The van der Waals surface area contributed by atoms with Gasteiger partial charge in [0.2, 0.25) is 0 Å². The lowest BCUT2D eigenvalue weighted by molar-refractivity contribution is 0.537. The van der Waals surface area contributed by atoms with Crippen LogP contribution in [-0.4, -0.2) is 9.78 Å². The van der Waals surface area contributed by atoms with Gasteiger partial charge in [0.15, 0.2) is 6.67 Å². The van der Waals surface area contributed by atoms with Gasteiger partial charge in [-0.3, -0.25) is 0 Å². The van der Waals surface area contributed by atoms with E-state index in [9.17, 15) is 0 Å². The molecule has 0 saturated heterocycles. The minimum Gasteiger partial charge on any atom is -0.244 e. The first kappa shape index (κ1) is 4.67. The van der Waals surface area contributed by atoms with E-state index in [4.69, 9.17) is 0 Å². The summed E-state index contributed by atoms with van der Waals surface area (Å²) in [6, 6.07) is 1.96. The van der Waals surface area contributed by atoms with Gasteiger partial charge in [0, 0.05) is 6.20 Å². The van der Waals surface area contributed by atoms with Gasteiger partial charge < -0.3 is 0 Å². The van der Waals surface area contributed by atoms with E-state index in [1.807, 2.05) is 10.7 Å². The summed E-state index contributed by atoms with van der Waals surface area (Å²) < 4.78 is 1.84.